The summed E-state index contributed by atoms with van der Waals surface area (Å²) in [6.07, 6.45) is 6.00. The van der Waals surface area contributed by atoms with Gasteiger partial charge in [-0.1, -0.05) is 267 Å². The van der Waals surface area contributed by atoms with Gasteiger partial charge in [0.25, 0.3) is 0 Å². The summed E-state index contributed by atoms with van der Waals surface area (Å²) in [5, 5.41) is 0. The van der Waals surface area contributed by atoms with Gasteiger partial charge in [-0.05, 0) is 108 Å². The van der Waals surface area contributed by atoms with Crippen LogP contribution in [0.2, 0.25) is 0 Å². The largest absolute Gasteiger partial charge is 0.337 e. The topological polar surface area (TPSA) is 107 Å². The second-order valence-corrected chi connectivity index (χ2v) is 25.1. The van der Waals surface area contributed by atoms with Crippen molar-refractivity contribution >= 4 is 22.8 Å². The maximum Gasteiger partial charge on any atom is 0.166 e. The summed E-state index contributed by atoms with van der Waals surface area (Å²) in [7, 11) is 0. The molecule has 2 aromatic heterocycles. The summed E-state index contributed by atoms with van der Waals surface area (Å²) in [4.78, 5) is 40.9. The number of nitrogens with zero attached hydrogens (tertiary/aromatic N) is 6. The van der Waals surface area contributed by atoms with Crippen LogP contribution in [0.5, 0.6) is 0 Å². The molecule has 0 saturated heterocycles. The van der Waals surface area contributed by atoms with Gasteiger partial charge in [0.05, 0.1) is 45.6 Å². The predicted octanol–water partition coefficient (Wildman–Crippen LogP) is 18.9. The molecule has 8 bridgehead atoms. The Bertz CT molecular complexity index is 4670. The lowest BCUT2D eigenvalue weighted by Gasteiger charge is -2.17. The molecule has 10 aliphatic rings. The lowest BCUT2D eigenvalue weighted by molar-refractivity contribution is 0.769. The van der Waals surface area contributed by atoms with Crippen LogP contribution in [0.1, 0.15) is 90.2 Å². The van der Waals surface area contributed by atoms with Gasteiger partial charge in [0, 0.05) is 66.8 Å². The van der Waals surface area contributed by atoms with Gasteiger partial charge in [0.2, 0.25) is 0 Å². The number of hydrogen-bond acceptors (Lipinski definition) is 6. The van der Waals surface area contributed by atoms with Crippen LogP contribution < -0.4 is 0 Å². The molecule has 23 rings (SSSR count). The average Bonchev–Trinajstić information content (AvgIpc) is 1.64. The number of aromatic amines is 2. The summed E-state index contributed by atoms with van der Waals surface area (Å²) >= 11 is 0. The Kier molecular flexibility index (Phi) is 14.8. The Morgan fingerprint density at radius 1 is 0.245 bits per heavy atom. The fourth-order valence-electron chi connectivity index (χ4n) is 14.2. The maximum absolute atomic E-state index is 5.64. The minimum absolute atomic E-state index is 0.415. The lowest BCUT2D eigenvalue weighted by Crippen LogP contribution is -2.16. The van der Waals surface area contributed by atoms with Gasteiger partial charge in [0.15, 0.2) is 12.3 Å². The highest BCUT2D eigenvalue weighted by molar-refractivity contribution is 6.55. The summed E-state index contributed by atoms with van der Waals surface area (Å²) in [5.41, 5.74) is 30.8. The molecule has 0 fully saturated rings. The van der Waals surface area contributed by atoms with E-state index in [9.17, 15) is 0 Å². The normalized spacial score (nSPS) is 15.8. The van der Waals surface area contributed by atoms with E-state index in [0.717, 1.165) is 175 Å². The number of imidazole rings is 2. The van der Waals surface area contributed by atoms with E-state index in [1.165, 1.54) is 44.5 Å². The molecule has 2 aliphatic heterocycles. The fraction of sp³-hybridized carbons (Fsp3) is 0.116. The molecule has 2 atom stereocenters. The Hall–Kier alpha value is -11.5. The zero-order chi connectivity index (χ0) is 62.3. The van der Waals surface area contributed by atoms with Crippen molar-refractivity contribution in [2.45, 2.75) is 63.7 Å². The third-order valence-corrected chi connectivity index (χ3v) is 19.2. The number of aryl methyl sites for hydroxylation is 8. The van der Waals surface area contributed by atoms with E-state index in [1.807, 2.05) is 0 Å². The number of nitrogens with one attached hydrogen (secondary N) is 2. The first-order valence-corrected chi connectivity index (χ1v) is 33.0. The molecule has 0 saturated carbocycles. The van der Waals surface area contributed by atoms with Crippen molar-refractivity contribution in [1.29, 1.82) is 0 Å². The molecule has 11 aromatic carbocycles. The monoisotopic (exact) mass is 1210 g/mol. The first kappa shape index (κ1) is 56.5. The van der Waals surface area contributed by atoms with Crippen molar-refractivity contribution in [2.75, 3.05) is 0 Å². The SMILES string of the molecule is c1ccc(C2=NC(c3cc4ccc3CCc3ccc(cc3-c3nc(-c5ccccc5)c(-c5ccccc5)[nH]3)CC4)N=C2c2ccc(C3=NC(c4cc5ccc4CCc4ccc(cc4-c4nc(-c6ccccc6)c(-c6ccccc6)[nH]4)CC5)N=C3c3ccccc3)cc2)cc1. The molecule has 0 spiro atoms. The highest BCUT2D eigenvalue weighted by Gasteiger charge is 2.31. The first-order chi connectivity index (χ1) is 46.5. The van der Waals surface area contributed by atoms with Crippen LogP contribution in [0.4, 0.5) is 0 Å². The Labute approximate surface area is 548 Å². The summed E-state index contributed by atoms with van der Waals surface area (Å²) in [6.45, 7) is 0. The number of benzene rings is 11. The van der Waals surface area contributed by atoms with Crippen molar-refractivity contribution in [1.82, 2.24) is 19.9 Å². The predicted molar refractivity (Wildman–Crippen MR) is 383 cm³/mol. The van der Waals surface area contributed by atoms with Crippen LogP contribution in [0.15, 0.2) is 299 Å². The molecule has 4 heterocycles. The van der Waals surface area contributed by atoms with Crippen LogP contribution in [0, 0.1) is 0 Å². The summed E-state index contributed by atoms with van der Waals surface area (Å²) in [6, 6.07) is 100. The summed E-state index contributed by atoms with van der Waals surface area (Å²) in [5.74, 6) is 1.78. The minimum Gasteiger partial charge on any atom is -0.337 e. The van der Waals surface area contributed by atoms with Crippen LogP contribution in [0.3, 0.4) is 0 Å². The van der Waals surface area contributed by atoms with E-state index in [-0.39, 0.29) is 0 Å². The van der Waals surface area contributed by atoms with Gasteiger partial charge in [-0.15, -0.1) is 0 Å². The lowest BCUT2D eigenvalue weighted by atomic mass is 9.90. The third kappa shape index (κ3) is 11.1. The molecular weight excluding hydrogens is 1150 g/mol. The molecule has 450 valence electrons. The van der Waals surface area contributed by atoms with Crippen LogP contribution in [-0.4, -0.2) is 42.8 Å². The standard InChI is InChI=1S/C86H66N8/c1-7-19-63(20-8-1)75-76(64-21-9-2-10-22-64)88-83(87-75)71-51-55-31-33-57-37-41-61(45-43-59(71)39-35-55)73(53-57)85-91-79(67-27-15-5-16-28-67)81(93-85)69-47-49-70(50-48-69)82-80(68-29-17-6-18-30-68)92-86(94-82)74-54-58-34-32-56-36-40-60(44-46-62(74)42-38-58)72(52-56)84-89-77(65-23-11-3-12-24-65)78(90-84)66-25-13-4-14-26-66/h1-30,35-42,47-54,85-86H,31-34,43-46H2,(H,87,88)(H,89,90). The van der Waals surface area contributed by atoms with Crippen molar-refractivity contribution in [2.24, 2.45) is 20.0 Å². The van der Waals surface area contributed by atoms with Crippen molar-refractivity contribution in [3.8, 4) is 67.8 Å². The average molecular weight is 1210 g/mol. The number of rotatable bonds is 12. The van der Waals surface area contributed by atoms with Crippen molar-refractivity contribution < 1.29 is 0 Å². The van der Waals surface area contributed by atoms with Crippen LogP contribution in [0.25, 0.3) is 67.8 Å². The Morgan fingerprint density at radius 3 is 0.862 bits per heavy atom. The van der Waals surface area contributed by atoms with Gasteiger partial charge in [0.1, 0.15) is 11.6 Å². The van der Waals surface area contributed by atoms with Gasteiger partial charge in [-0.3, -0.25) is 20.0 Å². The maximum atomic E-state index is 5.64. The first-order valence-electron chi connectivity index (χ1n) is 33.0. The van der Waals surface area contributed by atoms with E-state index in [2.05, 4.69) is 289 Å². The molecule has 8 nitrogen and oxygen atoms in total. The molecule has 13 aromatic rings. The Morgan fingerprint density at radius 2 is 0.521 bits per heavy atom. The highest BCUT2D eigenvalue weighted by Crippen LogP contribution is 2.41. The van der Waals surface area contributed by atoms with Crippen LogP contribution in [-0.2, 0) is 51.4 Å². The number of hydrogen-bond donors (Lipinski definition) is 2. The fourth-order valence-corrected chi connectivity index (χ4v) is 14.2. The smallest absolute Gasteiger partial charge is 0.166 e. The zero-order valence-corrected chi connectivity index (χ0v) is 52.1. The minimum atomic E-state index is -0.415. The van der Waals surface area contributed by atoms with E-state index < -0.39 is 12.3 Å². The van der Waals surface area contributed by atoms with E-state index in [4.69, 9.17) is 29.9 Å². The third-order valence-electron chi connectivity index (χ3n) is 19.2. The van der Waals surface area contributed by atoms with E-state index in [1.54, 1.807) is 0 Å². The second-order valence-electron chi connectivity index (χ2n) is 25.1. The van der Waals surface area contributed by atoms with Gasteiger partial charge in [-0.25, -0.2) is 9.97 Å². The molecule has 2 unspecified atom stereocenters. The van der Waals surface area contributed by atoms with Crippen LogP contribution >= 0.6 is 0 Å². The molecular formula is C86H66N8. The van der Waals surface area contributed by atoms with Crippen molar-refractivity contribution in [3.63, 3.8) is 0 Å². The van der Waals surface area contributed by atoms with E-state index >= 15 is 0 Å². The molecule has 0 radical (unpaired) electrons. The Balaban J connectivity index is 0.683. The second kappa shape index (κ2) is 24.6. The number of aliphatic imine (C=N–C) groups is 4. The number of H-pyrrole nitrogens is 2. The van der Waals surface area contributed by atoms with Gasteiger partial charge < -0.3 is 9.97 Å². The van der Waals surface area contributed by atoms with Crippen molar-refractivity contribution in [3.05, 3.63) is 357 Å². The van der Waals surface area contributed by atoms with Gasteiger partial charge >= 0.3 is 0 Å². The molecule has 8 aliphatic carbocycles. The zero-order valence-electron chi connectivity index (χ0n) is 52.1. The molecule has 8 heteroatoms. The quantitative estimate of drug-likeness (QED) is 0.127. The van der Waals surface area contributed by atoms with E-state index in [0.29, 0.717) is 0 Å². The number of aromatic nitrogens is 4. The summed E-state index contributed by atoms with van der Waals surface area (Å²) < 4.78 is 0. The van der Waals surface area contributed by atoms with Gasteiger partial charge in [-0.2, -0.15) is 0 Å². The molecule has 0 amide bonds. The molecule has 94 heavy (non-hydrogen) atoms. The highest BCUT2D eigenvalue weighted by atomic mass is 15.1. The molecule has 2 N–H and O–H groups in total.